The van der Waals surface area contributed by atoms with Crippen molar-refractivity contribution in [2.24, 2.45) is 0 Å². The molecule has 0 unspecified atom stereocenters. The van der Waals surface area contributed by atoms with Crippen LogP contribution in [0.25, 0.3) is 0 Å². The molecule has 2 aromatic rings. The molecule has 3 rings (SSSR count). The van der Waals surface area contributed by atoms with E-state index < -0.39 is 10.0 Å². The summed E-state index contributed by atoms with van der Waals surface area (Å²) in [5.41, 5.74) is 2.58. The first-order valence-corrected chi connectivity index (χ1v) is 9.19. The van der Waals surface area contributed by atoms with E-state index in [1.165, 1.54) is 24.6 Å². The number of aryl methyl sites for hydroxylation is 1. The average Bonchev–Trinajstić information content (AvgIpc) is 2.90. The van der Waals surface area contributed by atoms with Gasteiger partial charge in [-0.2, -0.15) is 0 Å². The molecule has 0 spiro atoms. The minimum absolute atomic E-state index is 0.121. The van der Waals surface area contributed by atoms with E-state index in [9.17, 15) is 8.42 Å². The molecule has 5 nitrogen and oxygen atoms in total. The highest BCUT2D eigenvalue weighted by Crippen LogP contribution is 2.40. The molecule has 0 amide bonds. The molecule has 0 fully saturated rings. The molecule has 0 saturated carbocycles. The number of benzene rings is 2. The van der Waals surface area contributed by atoms with Crippen LogP contribution < -0.4 is 13.8 Å². The zero-order valence-electron chi connectivity index (χ0n) is 14.2. The minimum Gasteiger partial charge on any atom is -0.496 e. The first-order valence-electron chi connectivity index (χ1n) is 7.75. The standard InChI is InChI=1S/C18H21NO4S/c1-12-9-17(23-4)18(11-16(12)22-3)24(20,21)19-13(2)10-14-7-5-6-8-15(14)19/h5-9,11,13H,10H2,1-4H3/t13-/m0/s1. The Balaban J connectivity index is 2.19. The SMILES string of the molecule is COc1cc(S(=O)(=O)N2c3ccccc3C[C@@H]2C)c(OC)cc1C. The molecule has 6 heteroatoms. The molecule has 1 atom stereocenters. The Kier molecular flexibility index (Phi) is 4.17. The van der Waals surface area contributed by atoms with Crippen molar-refractivity contribution in [1.29, 1.82) is 0 Å². The lowest BCUT2D eigenvalue weighted by Crippen LogP contribution is -2.36. The normalized spacial score (nSPS) is 16.8. The van der Waals surface area contributed by atoms with E-state index >= 15 is 0 Å². The lowest BCUT2D eigenvalue weighted by atomic mass is 10.1. The monoisotopic (exact) mass is 347 g/mol. The molecule has 0 aromatic heterocycles. The van der Waals surface area contributed by atoms with E-state index in [0.717, 1.165) is 16.8 Å². The van der Waals surface area contributed by atoms with Gasteiger partial charge >= 0.3 is 0 Å². The number of hydrogen-bond acceptors (Lipinski definition) is 4. The van der Waals surface area contributed by atoms with Crippen molar-refractivity contribution in [2.45, 2.75) is 31.2 Å². The summed E-state index contributed by atoms with van der Waals surface area (Å²) in [4.78, 5) is 0.121. The zero-order chi connectivity index (χ0) is 17.5. The van der Waals surface area contributed by atoms with Crippen molar-refractivity contribution in [1.82, 2.24) is 0 Å². The molecule has 1 heterocycles. The summed E-state index contributed by atoms with van der Waals surface area (Å²) >= 11 is 0. The van der Waals surface area contributed by atoms with E-state index in [0.29, 0.717) is 17.9 Å². The first-order chi connectivity index (χ1) is 11.4. The predicted molar refractivity (Wildman–Crippen MR) is 93.6 cm³/mol. The summed E-state index contributed by atoms with van der Waals surface area (Å²) < 4.78 is 38.8. The van der Waals surface area contributed by atoms with Gasteiger partial charge in [-0.15, -0.1) is 0 Å². The van der Waals surface area contributed by atoms with Crippen LogP contribution in [0, 0.1) is 6.92 Å². The Bertz CT molecular complexity index is 877. The van der Waals surface area contributed by atoms with Crippen molar-refractivity contribution < 1.29 is 17.9 Å². The van der Waals surface area contributed by atoms with Crippen molar-refractivity contribution in [2.75, 3.05) is 18.5 Å². The largest absolute Gasteiger partial charge is 0.496 e. The van der Waals surface area contributed by atoms with Crippen molar-refractivity contribution in [3.63, 3.8) is 0 Å². The van der Waals surface area contributed by atoms with Crippen LogP contribution in [0.3, 0.4) is 0 Å². The molecule has 2 aromatic carbocycles. The van der Waals surface area contributed by atoms with Gasteiger partial charge in [0, 0.05) is 12.1 Å². The molecule has 0 bridgehead atoms. The third-order valence-corrected chi connectivity index (χ3v) is 6.31. The lowest BCUT2D eigenvalue weighted by molar-refractivity contribution is 0.390. The molecular formula is C18H21NO4S. The number of rotatable bonds is 4. The maximum atomic E-state index is 13.4. The summed E-state index contributed by atoms with van der Waals surface area (Å²) in [7, 11) is -0.764. The maximum Gasteiger partial charge on any atom is 0.268 e. The fourth-order valence-corrected chi connectivity index (χ4v) is 5.08. The molecule has 0 radical (unpaired) electrons. The third kappa shape index (κ3) is 2.51. The van der Waals surface area contributed by atoms with Crippen molar-refractivity contribution in [3.8, 4) is 11.5 Å². The molecule has 1 aliphatic heterocycles. The smallest absolute Gasteiger partial charge is 0.268 e. The summed E-state index contributed by atoms with van der Waals surface area (Å²) in [5.74, 6) is 0.847. The van der Waals surface area contributed by atoms with Crippen LogP contribution in [0.15, 0.2) is 41.3 Å². The highest BCUT2D eigenvalue weighted by Gasteiger charge is 2.37. The fourth-order valence-electron chi connectivity index (χ4n) is 3.23. The molecule has 0 N–H and O–H groups in total. The highest BCUT2D eigenvalue weighted by atomic mass is 32.2. The Labute approximate surface area is 142 Å². The molecule has 0 saturated heterocycles. The summed E-state index contributed by atoms with van der Waals surface area (Å²) in [6, 6.07) is 10.7. The van der Waals surface area contributed by atoms with Crippen LogP contribution in [0.1, 0.15) is 18.1 Å². The van der Waals surface area contributed by atoms with Gasteiger partial charge in [-0.25, -0.2) is 8.42 Å². The highest BCUT2D eigenvalue weighted by molar-refractivity contribution is 7.93. The predicted octanol–water partition coefficient (Wildman–Crippen LogP) is 3.15. The Morgan fingerprint density at radius 1 is 1.08 bits per heavy atom. The van der Waals surface area contributed by atoms with Gasteiger partial charge in [0.15, 0.2) is 0 Å². The number of fused-ring (bicyclic) bond motifs is 1. The summed E-state index contributed by atoms with van der Waals surface area (Å²) in [6.45, 7) is 3.76. The van der Waals surface area contributed by atoms with E-state index in [1.807, 2.05) is 38.1 Å². The number of methoxy groups -OCH3 is 2. The molecule has 128 valence electrons. The van der Waals surface area contributed by atoms with Crippen LogP contribution in [-0.4, -0.2) is 28.7 Å². The lowest BCUT2D eigenvalue weighted by Gasteiger charge is -2.25. The van der Waals surface area contributed by atoms with Gasteiger partial charge in [-0.05, 0) is 43.5 Å². The minimum atomic E-state index is -3.77. The number of para-hydroxylation sites is 1. The van der Waals surface area contributed by atoms with Crippen LogP contribution >= 0.6 is 0 Å². The zero-order valence-corrected chi connectivity index (χ0v) is 15.1. The molecule has 1 aliphatic rings. The van der Waals surface area contributed by atoms with Gasteiger partial charge in [0.1, 0.15) is 16.4 Å². The van der Waals surface area contributed by atoms with Gasteiger partial charge < -0.3 is 9.47 Å². The fraction of sp³-hybridized carbons (Fsp3) is 0.333. The Hall–Kier alpha value is -2.21. The Morgan fingerprint density at radius 2 is 1.75 bits per heavy atom. The summed E-state index contributed by atoms with van der Waals surface area (Å²) in [5, 5.41) is 0. The van der Waals surface area contributed by atoms with Gasteiger partial charge in [0.25, 0.3) is 10.0 Å². The van der Waals surface area contributed by atoms with Gasteiger partial charge in [-0.3, -0.25) is 4.31 Å². The number of hydrogen-bond donors (Lipinski definition) is 0. The quantitative estimate of drug-likeness (QED) is 0.852. The molecule has 0 aliphatic carbocycles. The topological polar surface area (TPSA) is 55.8 Å². The second-order valence-corrected chi connectivity index (χ2v) is 7.74. The van der Waals surface area contributed by atoms with Crippen LogP contribution in [-0.2, 0) is 16.4 Å². The van der Waals surface area contributed by atoms with Gasteiger partial charge in [-0.1, -0.05) is 18.2 Å². The van der Waals surface area contributed by atoms with Crippen LogP contribution in [0.5, 0.6) is 11.5 Å². The maximum absolute atomic E-state index is 13.4. The van der Waals surface area contributed by atoms with Crippen LogP contribution in [0.2, 0.25) is 0 Å². The van der Waals surface area contributed by atoms with E-state index in [-0.39, 0.29) is 10.9 Å². The summed E-state index contributed by atoms with van der Waals surface area (Å²) in [6.07, 6.45) is 0.695. The van der Waals surface area contributed by atoms with E-state index in [2.05, 4.69) is 0 Å². The second kappa shape index (κ2) is 6.02. The van der Waals surface area contributed by atoms with Crippen molar-refractivity contribution in [3.05, 3.63) is 47.5 Å². The average molecular weight is 347 g/mol. The van der Waals surface area contributed by atoms with Crippen LogP contribution in [0.4, 0.5) is 5.69 Å². The van der Waals surface area contributed by atoms with Gasteiger partial charge in [0.2, 0.25) is 0 Å². The number of nitrogens with zero attached hydrogens (tertiary/aromatic N) is 1. The number of anilines is 1. The van der Waals surface area contributed by atoms with E-state index in [1.54, 1.807) is 6.07 Å². The number of sulfonamides is 1. The van der Waals surface area contributed by atoms with E-state index in [4.69, 9.17) is 9.47 Å². The van der Waals surface area contributed by atoms with Gasteiger partial charge in [0.05, 0.1) is 19.9 Å². The van der Waals surface area contributed by atoms with Crippen molar-refractivity contribution >= 4 is 15.7 Å². The first kappa shape index (κ1) is 16.6. The Morgan fingerprint density at radius 3 is 2.42 bits per heavy atom. The number of ether oxygens (including phenoxy) is 2. The third-order valence-electron chi connectivity index (χ3n) is 4.36. The molecule has 24 heavy (non-hydrogen) atoms. The molecular weight excluding hydrogens is 326 g/mol. The second-order valence-electron chi connectivity index (χ2n) is 5.96.